The summed E-state index contributed by atoms with van der Waals surface area (Å²) < 4.78 is 28.2. The molecule has 1 fully saturated rings. The highest BCUT2D eigenvalue weighted by Gasteiger charge is 2.50. The molecule has 0 aliphatic carbocycles. The van der Waals surface area contributed by atoms with Crippen molar-refractivity contribution in [3.8, 4) is 0 Å². The summed E-state index contributed by atoms with van der Waals surface area (Å²) in [6, 6.07) is 8.99. The Morgan fingerprint density at radius 2 is 2.00 bits per heavy atom. The van der Waals surface area contributed by atoms with Gasteiger partial charge in [-0.05, 0) is 18.6 Å². The Kier molecular flexibility index (Phi) is 4.92. The number of aromatic nitrogens is 1. The summed E-state index contributed by atoms with van der Waals surface area (Å²) in [5.41, 5.74) is -0.542. The normalized spacial score (nSPS) is 20.9. The molecule has 10 heteroatoms. The first kappa shape index (κ1) is 18.9. The summed E-state index contributed by atoms with van der Waals surface area (Å²) >= 11 is 0. The van der Waals surface area contributed by atoms with E-state index in [-0.39, 0.29) is 17.9 Å². The number of amides is 2. The van der Waals surface area contributed by atoms with Gasteiger partial charge in [-0.1, -0.05) is 18.2 Å². The monoisotopic (exact) mass is 393 g/mol. The smallest absolute Gasteiger partial charge is 0.332 e. The first-order valence-corrected chi connectivity index (χ1v) is 10.0. The maximum Gasteiger partial charge on any atom is 0.332 e. The number of methoxy groups -OCH3 is 1. The van der Waals surface area contributed by atoms with Crippen molar-refractivity contribution < 1.29 is 27.5 Å². The molecule has 1 unspecified atom stereocenters. The average Bonchev–Trinajstić information content (AvgIpc) is 3.20. The molecule has 2 heterocycles. The highest BCUT2D eigenvalue weighted by atomic mass is 32.2. The van der Waals surface area contributed by atoms with E-state index in [9.17, 15) is 22.8 Å². The molecule has 2 aromatic rings. The predicted molar refractivity (Wildman–Crippen MR) is 96.8 cm³/mol. The molecule has 1 saturated heterocycles. The van der Waals surface area contributed by atoms with Crippen LogP contribution < -0.4 is 10.6 Å². The van der Waals surface area contributed by atoms with Crippen LogP contribution in [0.2, 0.25) is 0 Å². The zero-order valence-corrected chi connectivity index (χ0v) is 15.4. The molecule has 1 aliphatic rings. The zero-order chi connectivity index (χ0) is 19.7. The molecular formula is C17H19N3O6S. The molecule has 0 radical (unpaired) electrons. The van der Waals surface area contributed by atoms with Gasteiger partial charge in [-0.3, -0.25) is 9.59 Å². The number of fused-ring (bicyclic) bond motifs is 1. The number of nitrogens with one attached hydrogen (secondary N) is 3. The van der Waals surface area contributed by atoms with Gasteiger partial charge in [0, 0.05) is 10.9 Å². The summed E-state index contributed by atoms with van der Waals surface area (Å²) in [4.78, 5) is 39.4. The van der Waals surface area contributed by atoms with Crippen LogP contribution in [0.25, 0.3) is 10.9 Å². The topological polar surface area (TPSA) is 134 Å². The Balaban J connectivity index is 1.64. The number of hydrogen-bond acceptors (Lipinski definition) is 6. The lowest BCUT2D eigenvalue weighted by Gasteiger charge is -2.25. The van der Waals surface area contributed by atoms with E-state index in [1.165, 1.54) is 0 Å². The first-order chi connectivity index (χ1) is 12.7. The highest BCUT2D eigenvalue weighted by molar-refractivity contribution is 7.91. The van der Waals surface area contributed by atoms with Crippen LogP contribution in [0.15, 0.2) is 30.3 Å². The van der Waals surface area contributed by atoms with E-state index in [4.69, 9.17) is 0 Å². The molecule has 0 spiro atoms. The van der Waals surface area contributed by atoms with Crippen molar-refractivity contribution in [1.29, 1.82) is 0 Å². The number of benzene rings is 1. The van der Waals surface area contributed by atoms with Crippen LogP contribution >= 0.6 is 0 Å². The first-order valence-electron chi connectivity index (χ1n) is 8.20. The highest BCUT2D eigenvalue weighted by Crippen LogP contribution is 2.25. The lowest BCUT2D eigenvalue weighted by Crippen LogP contribution is -2.57. The van der Waals surface area contributed by atoms with E-state index < -0.39 is 45.5 Å². The molecule has 3 rings (SSSR count). The quantitative estimate of drug-likeness (QED) is 0.600. The Morgan fingerprint density at radius 3 is 2.63 bits per heavy atom. The molecule has 1 atom stereocenters. The zero-order valence-electron chi connectivity index (χ0n) is 14.6. The lowest BCUT2D eigenvalue weighted by molar-refractivity contribution is -0.149. The molecule has 0 saturated carbocycles. The summed E-state index contributed by atoms with van der Waals surface area (Å²) in [5, 5.41) is 5.71. The minimum Gasteiger partial charge on any atom is -0.467 e. The Morgan fingerprint density at radius 1 is 1.26 bits per heavy atom. The number of carbonyl (C=O) groups is 3. The van der Waals surface area contributed by atoms with Gasteiger partial charge in [-0.15, -0.1) is 0 Å². The molecular weight excluding hydrogens is 374 g/mol. The maximum atomic E-state index is 12.2. The van der Waals surface area contributed by atoms with Crippen LogP contribution in [0.4, 0.5) is 0 Å². The van der Waals surface area contributed by atoms with Crippen LogP contribution in [0, 0.1) is 0 Å². The molecule has 2 amide bonds. The number of aromatic amines is 1. The number of para-hydroxylation sites is 1. The Hall–Kier alpha value is -2.88. The summed E-state index contributed by atoms with van der Waals surface area (Å²) in [6.07, 6.45) is -0.0658. The fourth-order valence-electron chi connectivity index (χ4n) is 3.12. The van der Waals surface area contributed by atoms with Gasteiger partial charge in [0.2, 0.25) is 5.91 Å². The summed E-state index contributed by atoms with van der Waals surface area (Å²) in [7, 11) is -2.33. The molecule has 1 aliphatic heterocycles. The third-order valence-electron chi connectivity index (χ3n) is 4.45. The SMILES string of the molecule is COC(=O)C1(NC(=O)CNC(=O)c2cc3ccccc3[nH]2)CCS(=O)(=O)C1. The summed E-state index contributed by atoms with van der Waals surface area (Å²) in [5.74, 6) is -2.73. The fourth-order valence-corrected chi connectivity index (χ4v) is 5.01. The van der Waals surface area contributed by atoms with E-state index in [0.29, 0.717) is 0 Å². The van der Waals surface area contributed by atoms with Crippen LogP contribution in [0.1, 0.15) is 16.9 Å². The Bertz CT molecular complexity index is 980. The van der Waals surface area contributed by atoms with Gasteiger partial charge < -0.3 is 20.4 Å². The standard InChI is InChI=1S/C17H19N3O6S/c1-26-16(23)17(6-7-27(24,25)10-17)20-14(21)9-18-15(22)13-8-11-4-2-3-5-12(11)19-13/h2-5,8,19H,6-7,9-10H2,1H3,(H,18,22)(H,20,21). The van der Waals surface area contributed by atoms with Crippen LogP contribution in [-0.4, -0.2) is 61.9 Å². The number of sulfone groups is 1. The molecule has 1 aromatic carbocycles. The number of H-pyrrole nitrogens is 1. The van der Waals surface area contributed by atoms with Crippen molar-refractivity contribution in [1.82, 2.24) is 15.6 Å². The van der Waals surface area contributed by atoms with Crippen molar-refractivity contribution in [2.24, 2.45) is 0 Å². The van der Waals surface area contributed by atoms with Crippen molar-refractivity contribution >= 4 is 38.5 Å². The second-order valence-electron chi connectivity index (χ2n) is 6.42. The van der Waals surface area contributed by atoms with Crippen LogP contribution in [0.3, 0.4) is 0 Å². The lowest BCUT2D eigenvalue weighted by atomic mass is 9.99. The third kappa shape index (κ3) is 3.95. The second kappa shape index (κ2) is 7.03. The predicted octanol–water partition coefficient (Wildman–Crippen LogP) is -0.256. The number of ether oxygens (including phenoxy) is 1. The van der Waals surface area contributed by atoms with Gasteiger partial charge in [-0.2, -0.15) is 0 Å². The molecule has 27 heavy (non-hydrogen) atoms. The van der Waals surface area contributed by atoms with Gasteiger partial charge in [0.25, 0.3) is 5.91 Å². The van der Waals surface area contributed by atoms with Crippen molar-refractivity contribution in [2.45, 2.75) is 12.0 Å². The maximum absolute atomic E-state index is 12.2. The number of hydrogen-bond donors (Lipinski definition) is 3. The van der Waals surface area contributed by atoms with Crippen LogP contribution in [0.5, 0.6) is 0 Å². The Labute approximate surface area is 155 Å². The van der Waals surface area contributed by atoms with Gasteiger partial charge in [0.15, 0.2) is 15.4 Å². The van der Waals surface area contributed by atoms with E-state index in [1.54, 1.807) is 6.07 Å². The fraction of sp³-hybridized carbons (Fsp3) is 0.353. The molecule has 1 aromatic heterocycles. The number of carbonyl (C=O) groups excluding carboxylic acids is 3. The van der Waals surface area contributed by atoms with Crippen molar-refractivity contribution in [2.75, 3.05) is 25.2 Å². The van der Waals surface area contributed by atoms with E-state index in [0.717, 1.165) is 18.0 Å². The molecule has 9 nitrogen and oxygen atoms in total. The van der Waals surface area contributed by atoms with Gasteiger partial charge in [-0.25, -0.2) is 13.2 Å². The summed E-state index contributed by atoms with van der Waals surface area (Å²) in [6.45, 7) is -0.410. The van der Waals surface area contributed by atoms with E-state index >= 15 is 0 Å². The van der Waals surface area contributed by atoms with Gasteiger partial charge in [0.05, 0.1) is 25.2 Å². The van der Waals surface area contributed by atoms with Gasteiger partial charge in [0.1, 0.15) is 5.69 Å². The van der Waals surface area contributed by atoms with Crippen LogP contribution in [-0.2, 0) is 24.2 Å². The largest absolute Gasteiger partial charge is 0.467 e. The third-order valence-corrected chi connectivity index (χ3v) is 6.20. The van der Waals surface area contributed by atoms with Crippen molar-refractivity contribution in [3.05, 3.63) is 36.0 Å². The minimum atomic E-state index is -3.45. The molecule has 3 N–H and O–H groups in total. The molecule has 144 valence electrons. The average molecular weight is 393 g/mol. The molecule has 0 bridgehead atoms. The van der Waals surface area contributed by atoms with E-state index in [2.05, 4.69) is 20.4 Å². The second-order valence-corrected chi connectivity index (χ2v) is 8.60. The van der Waals surface area contributed by atoms with Crippen molar-refractivity contribution in [3.63, 3.8) is 0 Å². The number of esters is 1. The number of rotatable bonds is 5. The minimum absolute atomic E-state index is 0.0658. The van der Waals surface area contributed by atoms with E-state index in [1.807, 2.05) is 24.3 Å². The van der Waals surface area contributed by atoms with Gasteiger partial charge >= 0.3 is 5.97 Å².